The van der Waals surface area contributed by atoms with Crippen molar-refractivity contribution < 1.29 is 0 Å². The van der Waals surface area contributed by atoms with Crippen molar-refractivity contribution in [1.29, 1.82) is 0 Å². The fourth-order valence-electron chi connectivity index (χ4n) is 1.84. The maximum absolute atomic E-state index is 4.63. The van der Waals surface area contributed by atoms with Crippen LogP contribution in [0.1, 0.15) is 44.1 Å². The molecule has 92 valence electrons. The van der Waals surface area contributed by atoms with Gasteiger partial charge in [0, 0.05) is 24.3 Å². The molecule has 0 aliphatic rings. The first-order valence-electron chi connectivity index (χ1n) is 6.33. The summed E-state index contributed by atoms with van der Waals surface area (Å²) >= 11 is 0. The van der Waals surface area contributed by atoms with Crippen molar-refractivity contribution in [2.45, 2.75) is 54.1 Å². The van der Waals surface area contributed by atoms with E-state index in [1.807, 2.05) is 0 Å². The quantitative estimate of drug-likeness (QED) is 0.803. The van der Waals surface area contributed by atoms with E-state index in [0.29, 0.717) is 5.92 Å². The van der Waals surface area contributed by atoms with Crippen LogP contribution in [-0.4, -0.2) is 16.3 Å². The molecule has 0 spiro atoms. The summed E-state index contributed by atoms with van der Waals surface area (Å²) in [5.74, 6) is 0.699. The summed E-state index contributed by atoms with van der Waals surface area (Å²) in [6, 6.07) is 0. The van der Waals surface area contributed by atoms with Gasteiger partial charge >= 0.3 is 0 Å². The van der Waals surface area contributed by atoms with Gasteiger partial charge in [0.25, 0.3) is 0 Å². The third kappa shape index (κ3) is 3.08. The maximum Gasteiger partial charge on any atom is 0.0641 e. The average Bonchev–Trinajstić information content (AvgIpc) is 2.52. The zero-order chi connectivity index (χ0) is 12.1. The van der Waals surface area contributed by atoms with Gasteiger partial charge < -0.3 is 5.32 Å². The zero-order valence-corrected chi connectivity index (χ0v) is 11.3. The molecule has 0 aromatic carbocycles. The van der Waals surface area contributed by atoms with Gasteiger partial charge in [0.05, 0.1) is 5.69 Å². The van der Waals surface area contributed by atoms with Gasteiger partial charge in [-0.3, -0.25) is 4.68 Å². The molecule has 3 heteroatoms. The van der Waals surface area contributed by atoms with E-state index in [2.05, 4.69) is 49.7 Å². The number of nitrogens with zero attached hydrogens (tertiary/aromatic N) is 2. The van der Waals surface area contributed by atoms with Crippen molar-refractivity contribution in [2.24, 2.45) is 5.92 Å². The van der Waals surface area contributed by atoms with Gasteiger partial charge in [-0.1, -0.05) is 27.2 Å². The summed E-state index contributed by atoms with van der Waals surface area (Å²) in [7, 11) is 0. The van der Waals surface area contributed by atoms with E-state index < -0.39 is 0 Å². The number of nitrogens with one attached hydrogen (secondary N) is 1. The van der Waals surface area contributed by atoms with Crippen LogP contribution in [0.15, 0.2) is 0 Å². The fourth-order valence-corrected chi connectivity index (χ4v) is 1.84. The van der Waals surface area contributed by atoms with Crippen molar-refractivity contribution in [3.63, 3.8) is 0 Å². The molecule has 3 nitrogen and oxygen atoms in total. The van der Waals surface area contributed by atoms with E-state index in [-0.39, 0.29) is 0 Å². The van der Waals surface area contributed by atoms with Gasteiger partial charge in [-0.05, 0) is 26.3 Å². The topological polar surface area (TPSA) is 29.9 Å². The monoisotopic (exact) mass is 223 g/mol. The van der Waals surface area contributed by atoms with Crippen LogP contribution in [0, 0.1) is 19.8 Å². The van der Waals surface area contributed by atoms with Crippen LogP contribution in [0.3, 0.4) is 0 Å². The molecule has 1 rings (SSSR count). The third-order valence-corrected chi connectivity index (χ3v) is 3.26. The minimum absolute atomic E-state index is 0.699. The molecule has 0 fully saturated rings. The van der Waals surface area contributed by atoms with Crippen LogP contribution in [0.2, 0.25) is 0 Å². The van der Waals surface area contributed by atoms with Crippen molar-refractivity contribution in [1.82, 2.24) is 15.1 Å². The third-order valence-electron chi connectivity index (χ3n) is 3.26. The first kappa shape index (κ1) is 13.2. The van der Waals surface area contributed by atoms with Gasteiger partial charge in [-0.2, -0.15) is 5.10 Å². The molecule has 1 heterocycles. The molecule has 1 unspecified atom stereocenters. The molecule has 1 N–H and O–H groups in total. The predicted octanol–water partition coefficient (Wildman–Crippen LogP) is 2.66. The van der Waals surface area contributed by atoms with Crippen molar-refractivity contribution >= 4 is 0 Å². The molecule has 0 radical (unpaired) electrons. The second-order valence-electron chi connectivity index (χ2n) is 4.63. The Bertz CT molecular complexity index is 328. The molecule has 16 heavy (non-hydrogen) atoms. The van der Waals surface area contributed by atoms with Crippen molar-refractivity contribution in [2.75, 3.05) is 6.54 Å². The minimum atomic E-state index is 0.699. The SMILES string of the molecule is CCNCc1c(C)nn(CC(C)CC)c1C. The largest absolute Gasteiger partial charge is 0.313 e. The summed E-state index contributed by atoms with van der Waals surface area (Å²) in [5.41, 5.74) is 3.85. The lowest BCUT2D eigenvalue weighted by molar-refractivity contribution is 0.431. The number of aryl methyl sites for hydroxylation is 1. The molecule has 0 aliphatic heterocycles. The van der Waals surface area contributed by atoms with Crippen LogP contribution in [0.25, 0.3) is 0 Å². The van der Waals surface area contributed by atoms with Gasteiger partial charge in [-0.25, -0.2) is 0 Å². The predicted molar refractivity (Wildman–Crippen MR) is 68.5 cm³/mol. The van der Waals surface area contributed by atoms with Gasteiger partial charge in [0.2, 0.25) is 0 Å². The van der Waals surface area contributed by atoms with Crippen LogP contribution in [-0.2, 0) is 13.1 Å². The Morgan fingerprint density at radius 3 is 2.56 bits per heavy atom. The highest BCUT2D eigenvalue weighted by molar-refractivity contribution is 5.24. The summed E-state index contributed by atoms with van der Waals surface area (Å²) in [6.45, 7) is 13.9. The molecule has 0 amide bonds. The summed E-state index contributed by atoms with van der Waals surface area (Å²) in [5, 5.41) is 8.00. The van der Waals surface area contributed by atoms with Gasteiger partial charge in [0.1, 0.15) is 0 Å². The van der Waals surface area contributed by atoms with Crippen LogP contribution >= 0.6 is 0 Å². The molecule has 1 aromatic rings. The zero-order valence-electron chi connectivity index (χ0n) is 11.3. The van der Waals surface area contributed by atoms with E-state index in [0.717, 1.165) is 19.6 Å². The molecule has 0 aliphatic carbocycles. The second kappa shape index (κ2) is 6.04. The Kier molecular flexibility index (Phi) is 5.00. The van der Waals surface area contributed by atoms with Gasteiger partial charge in [0.15, 0.2) is 0 Å². The molecule has 1 atom stereocenters. The highest BCUT2D eigenvalue weighted by Gasteiger charge is 2.12. The lowest BCUT2D eigenvalue weighted by Crippen LogP contribution is -2.14. The highest BCUT2D eigenvalue weighted by atomic mass is 15.3. The van der Waals surface area contributed by atoms with E-state index in [1.165, 1.54) is 23.4 Å². The van der Waals surface area contributed by atoms with E-state index in [9.17, 15) is 0 Å². The highest BCUT2D eigenvalue weighted by Crippen LogP contribution is 2.15. The van der Waals surface area contributed by atoms with E-state index >= 15 is 0 Å². The fraction of sp³-hybridized carbons (Fsp3) is 0.769. The summed E-state index contributed by atoms with van der Waals surface area (Å²) in [6.07, 6.45) is 1.21. The Balaban J connectivity index is 2.79. The summed E-state index contributed by atoms with van der Waals surface area (Å²) in [4.78, 5) is 0. The number of aromatic nitrogens is 2. The minimum Gasteiger partial charge on any atom is -0.313 e. The Labute approximate surface area is 99.2 Å². The normalized spacial score (nSPS) is 13.1. The van der Waals surface area contributed by atoms with Crippen molar-refractivity contribution in [3.8, 4) is 0 Å². The Morgan fingerprint density at radius 1 is 1.31 bits per heavy atom. The van der Waals surface area contributed by atoms with Crippen LogP contribution in [0.5, 0.6) is 0 Å². The standard InChI is InChI=1S/C13H25N3/c1-6-10(3)9-16-12(5)13(8-14-7-2)11(4)15-16/h10,14H,6-9H2,1-5H3. The molecule has 0 saturated carbocycles. The maximum atomic E-state index is 4.63. The van der Waals surface area contributed by atoms with Crippen LogP contribution in [0.4, 0.5) is 0 Å². The number of hydrogen-bond acceptors (Lipinski definition) is 2. The first-order chi connectivity index (χ1) is 7.60. The van der Waals surface area contributed by atoms with Crippen LogP contribution < -0.4 is 5.32 Å². The summed E-state index contributed by atoms with van der Waals surface area (Å²) < 4.78 is 2.16. The second-order valence-corrected chi connectivity index (χ2v) is 4.63. The smallest absolute Gasteiger partial charge is 0.0641 e. The number of rotatable bonds is 6. The molecular weight excluding hydrogens is 198 g/mol. The Morgan fingerprint density at radius 2 is 2.00 bits per heavy atom. The molecule has 0 bridgehead atoms. The number of hydrogen-bond donors (Lipinski definition) is 1. The lowest BCUT2D eigenvalue weighted by atomic mass is 10.1. The Hall–Kier alpha value is -0.830. The van der Waals surface area contributed by atoms with Crippen molar-refractivity contribution in [3.05, 3.63) is 17.0 Å². The van der Waals surface area contributed by atoms with E-state index in [4.69, 9.17) is 0 Å². The molecular formula is C13H25N3. The van der Waals surface area contributed by atoms with E-state index in [1.54, 1.807) is 0 Å². The lowest BCUT2D eigenvalue weighted by Gasteiger charge is -2.10. The average molecular weight is 223 g/mol. The first-order valence-corrected chi connectivity index (χ1v) is 6.33. The molecule has 0 saturated heterocycles. The molecule has 1 aromatic heterocycles. The van der Waals surface area contributed by atoms with Gasteiger partial charge in [-0.15, -0.1) is 0 Å².